The van der Waals surface area contributed by atoms with Crippen molar-refractivity contribution >= 4 is 11.6 Å². The second-order valence-corrected chi connectivity index (χ2v) is 3.66. The van der Waals surface area contributed by atoms with Crippen molar-refractivity contribution in [1.29, 1.82) is 0 Å². The normalized spacial score (nSPS) is 10.9. The number of ether oxygens (including phenoxy) is 1. The molecule has 0 unspecified atom stereocenters. The molecule has 0 amide bonds. The number of hydrogen-bond donors (Lipinski definition) is 0. The smallest absolute Gasteiger partial charge is 0.282 e. The molecule has 0 aliphatic rings. The summed E-state index contributed by atoms with van der Waals surface area (Å²) in [5.41, 5.74) is 0.160. The molecule has 0 radical (unpaired) electrons. The van der Waals surface area contributed by atoms with Crippen molar-refractivity contribution in [2.45, 2.75) is 6.43 Å². The first-order chi connectivity index (χ1) is 8.13. The summed E-state index contributed by atoms with van der Waals surface area (Å²) in [5, 5.41) is 3.86. The molecule has 0 saturated carbocycles. The van der Waals surface area contributed by atoms with Gasteiger partial charge in [-0.1, -0.05) is 23.7 Å². The molecule has 2 aromatic rings. The van der Waals surface area contributed by atoms with E-state index in [2.05, 4.69) is 5.10 Å². The minimum absolute atomic E-state index is 0.116. The molecule has 0 aliphatic heterocycles. The second-order valence-electron chi connectivity index (χ2n) is 3.28. The Labute approximate surface area is 102 Å². The molecule has 3 nitrogen and oxygen atoms in total. The Kier molecular flexibility index (Phi) is 3.28. The highest BCUT2D eigenvalue weighted by atomic mass is 35.5. The number of alkyl halides is 2. The van der Waals surface area contributed by atoms with Crippen LogP contribution in [0.1, 0.15) is 12.1 Å². The van der Waals surface area contributed by atoms with Crippen LogP contribution in [0.25, 0.3) is 5.69 Å². The van der Waals surface area contributed by atoms with Crippen LogP contribution >= 0.6 is 11.6 Å². The van der Waals surface area contributed by atoms with Crippen molar-refractivity contribution in [2.24, 2.45) is 0 Å². The number of benzene rings is 1. The van der Waals surface area contributed by atoms with Crippen LogP contribution in [0, 0.1) is 0 Å². The largest absolute Gasteiger partial charge is 0.494 e. The molecule has 0 saturated heterocycles. The topological polar surface area (TPSA) is 27.1 Å². The van der Waals surface area contributed by atoms with Gasteiger partial charge in [-0.3, -0.25) is 0 Å². The van der Waals surface area contributed by atoms with Gasteiger partial charge in [0.05, 0.1) is 7.11 Å². The van der Waals surface area contributed by atoms with Crippen LogP contribution in [0.4, 0.5) is 8.78 Å². The summed E-state index contributed by atoms with van der Waals surface area (Å²) < 4.78 is 31.3. The second kappa shape index (κ2) is 4.71. The maximum absolute atomic E-state index is 12.5. The van der Waals surface area contributed by atoms with E-state index < -0.39 is 6.43 Å². The van der Waals surface area contributed by atoms with E-state index in [0.717, 1.165) is 6.07 Å². The summed E-state index contributed by atoms with van der Waals surface area (Å²) in [5.74, 6) is 0.512. The molecule has 0 aliphatic carbocycles. The maximum atomic E-state index is 12.5. The molecule has 1 heterocycles. The highest BCUT2D eigenvalue weighted by Gasteiger charge is 2.16. The van der Waals surface area contributed by atoms with Crippen LogP contribution in [0.3, 0.4) is 0 Å². The third-order valence-electron chi connectivity index (χ3n) is 2.22. The lowest BCUT2D eigenvalue weighted by atomic mass is 10.3. The summed E-state index contributed by atoms with van der Waals surface area (Å²) in [6.07, 6.45) is -2.65. The van der Waals surface area contributed by atoms with Crippen molar-refractivity contribution in [3.8, 4) is 11.4 Å². The Morgan fingerprint density at radius 1 is 1.35 bits per heavy atom. The lowest BCUT2D eigenvalue weighted by Gasteiger charge is -2.08. The minimum atomic E-state index is -2.65. The number of rotatable bonds is 3. The number of nitrogens with zero attached hydrogens (tertiary/aromatic N) is 2. The average molecular weight is 259 g/mol. The molecular formula is C11H9ClF2N2O. The quantitative estimate of drug-likeness (QED) is 0.843. The zero-order valence-electron chi connectivity index (χ0n) is 8.90. The molecule has 6 heteroatoms. The SMILES string of the molecule is COc1ccccc1-n1nc(C(F)F)cc1Cl. The molecule has 0 fully saturated rings. The summed E-state index contributed by atoms with van der Waals surface area (Å²) in [6.45, 7) is 0. The van der Waals surface area contributed by atoms with Crippen molar-refractivity contribution in [3.05, 3.63) is 41.2 Å². The molecule has 17 heavy (non-hydrogen) atoms. The average Bonchev–Trinajstić information content (AvgIpc) is 2.71. The highest BCUT2D eigenvalue weighted by molar-refractivity contribution is 6.29. The minimum Gasteiger partial charge on any atom is -0.494 e. The molecule has 1 aromatic heterocycles. The monoisotopic (exact) mass is 258 g/mol. The van der Waals surface area contributed by atoms with E-state index in [4.69, 9.17) is 16.3 Å². The van der Waals surface area contributed by atoms with Crippen molar-refractivity contribution < 1.29 is 13.5 Å². The van der Waals surface area contributed by atoms with Crippen LogP contribution in [-0.2, 0) is 0 Å². The van der Waals surface area contributed by atoms with Gasteiger partial charge in [-0.05, 0) is 12.1 Å². The fraction of sp³-hybridized carbons (Fsp3) is 0.182. The summed E-state index contributed by atoms with van der Waals surface area (Å²) >= 11 is 5.86. The molecule has 0 spiro atoms. The molecule has 90 valence electrons. The number of halogens is 3. The third kappa shape index (κ3) is 2.24. The summed E-state index contributed by atoms with van der Waals surface area (Å²) in [6, 6.07) is 8.05. The Morgan fingerprint density at radius 3 is 2.65 bits per heavy atom. The Hall–Kier alpha value is -1.62. The van der Waals surface area contributed by atoms with E-state index in [1.807, 2.05) is 0 Å². The van der Waals surface area contributed by atoms with Crippen LogP contribution in [-0.4, -0.2) is 16.9 Å². The van der Waals surface area contributed by atoms with Gasteiger partial charge in [-0.25, -0.2) is 13.5 Å². The molecule has 2 rings (SSSR count). The van der Waals surface area contributed by atoms with Crippen LogP contribution in [0.5, 0.6) is 5.75 Å². The first kappa shape index (κ1) is 11.9. The molecular weight excluding hydrogens is 250 g/mol. The van der Waals surface area contributed by atoms with E-state index in [-0.39, 0.29) is 10.8 Å². The highest BCUT2D eigenvalue weighted by Crippen LogP contribution is 2.28. The zero-order chi connectivity index (χ0) is 12.4. The fourth-order valence-corrected chi connectivity index (χ4v) is 1.70. The van der Waals surface area contributed by atoms with Crippen molar-refractivity contribution in [3.63, 3.8) is 0 Å². The van der Waals surface area contributed by atoms with Gasteiger partial charge in [0.2, 0.25) is 0 Å². The predicted octanol–water partition coefficient (Wildman–Crippen LogP) is 3.47. The van der Waals surface area contributed by atoms with Gasteiger partial charge in [0.15, 0.2) is 0 Å². The van der Waals surface area contributed by atoms with E-state index in [1.165, 1.54) is 11.8 Å². The zero-order valence-corrected chi connectivity index (χ0v) is 9.66. The first-order valence-corrected chi connectivity index (χ1v) is 5.18. The summed E-state index contributed by atoms with van der Waals surface area (Å²) in [7, 11) is 1.49. The van der Waals surface area contributed by atoms with Gasteiger partial charge in [0.25, 0.3) is 6.43 Å². The molecule has 0 atom stereocenters. The van der Waals surface area contributed by atoms with E-state index in [1.54, 1.807) is 24.3 Å². The Balaban J connectivity index is 2.52. The van der Waals surface area contributed by atoms with Gasteiger partial charge in [0, 0.05) is 6.07 Å². The van der Waals surface area contributed by atoms with E-state index in [0.29, 0.717) is 11.4 Å². The van der Waals surface area contributed by atoms with E-state index in [9.17, 15) is 8.78 Å². The van der Waals surface area contributed by atoms with Gasteiger partial charge in [0.1, 0.15) is 22.3 Å². The molecule has 1 aromatic carbocycles. The number of hydrogen-bond acceptors (Lipinski definition) is 2. The van der Waals surface area contributed by atoms with Gasteiger partial charge >= 0.3 is 0 Å². The molecule has 0 bridgehead atoms. The van der Waals surface area contributed by atoms with Gasteiger partial charge in [-0.2, -0.15) is 5.10 Å². The van der Waals surface area contributed by atoms with Crippen molar-refractivity contribution in [1.82, 2.24) is 9.78 Å². The van der Waals surface area contributed by atoms with Crippen LogP contribution in [0.2, 0.25) is 5.15 Å². The fourth-order valence-electron chi connectivity index (χ4n) is 1.46. The Morgan fingerprint density at radius 2 is 2.06 bits per heavy atom. The standard InChI is InChI=1S/C11H9ClF2N2O/c1-17-9-5-3-2-4-8(9)16-10(12)6-7(15-16)11(13)14/h2-6,11H,1H3. The number of aromatic nitrogens is 2. The lowest BCUT2D eigenvalue weighted by molar-refractivity contribution is 0.145. The first-order valence-electron chi connectivity index (χ1n) is 4.80. The van der Waals surface area contributed by atoms with Gasteiger partial charge < -0.3 is 4.74 Å². The van der Waals surface area contributed by atoms with Gasteiger partial charge in [-0.15, -0.1) is 0 Å². The molecule has 0 N–H and O–H groups in total. The van der Waals surface area contributed by atoms with Crippen LogP contribution < -0.4 is 4.74 Å². The number of para-hydroxylation sites is 2. The van der Waals surface area contributed by atoms with Crippen LogP contribution in [0.15, 0.2) is 30.3 Å². The van der Waals surface area contributed by atoms with E-state index >= 15 is 0 Å². The predicted molar refractivity (Wildman–Crippen MR) is 60.1 cm³/mol. The number of methoxy groups -OCH3 is 1. The van der Waals surface area contributed by atoms with Crippen molar-refractivity contribution in [2.75, 3.05) is 7.11 Å². The Bertz CT molecular complexity index is 528. The lowest BCUT2D eigenvalue weighted by Crippen LogP contribution is -2.00. The third-order valence-corrected chi connectivity index (χ3v) is 2.49. The summed E-state index contributed by atoms with van der Waals surface area (Å²) in [4.78, 5) is 0. The maximum Gasteiger partial charge on any atom is 0.282 e.